The minimum atomic E-state index is -1.15. The van der Waals surface area contributed by atoms with Crippen LogP contribution in [0, 0.1) is 10.8 Å². The summed E-state index contributed by atoms with van der Waals surface area (Å²) in [5.41, 5.74) is 0. The Labute approximate surface area is 103 Å². The maximum atomic E-state index is 10.1. The summed E-state index contributed by atoms with van der Waals surface area (Å²) in [6, 6.07) is -1.09. The van der Waals surface area contributed by atoms with Crippen molar-refractivity contribution in [1.82, 2.24) is 0 Å². The van der Waals surface area contributed by atoms with E-state index in [1.165, 1.54) is 0 Å². The molecule has 0 saturated heterocycles. The first kappa shape index (κ1) is 13.3. The predicted molar refractivity (Wildman–Crippen MR) is 33.2 cm³/mol. The molecular formula is C5H10KNO3. The number of rotatable bonds is 3. The van der Waals surface area contributed by atoms with Gasteiger partial charge < -0.3 is 6.53 Å². The van der Waals surface area contributed by atoms with Crippen molar-refractivity contribution in [3.63, 3.8) is 0 Å². The Bertz CT molecular complexity index is 131. The fourth-order valence-electron chi connectivity index (χ4n) is 0.452. The molecule has 0 aromatic heterocycles. The summed E-state index contributed by atoms with van der Waals surface area (Å²) in [7, 11) is 0. The van der Waals surface area contributed by atoms with Crippen LogP contribution in [0.15, 0.2) is 5.18 Å². The third-order valence-corrected chi connectivity index (χ3v) is 0.998. The van der Waals surface area contributed by atoms with Crippen LogP contribution in [0.25, 0.3) is 0 Å². The normalized spacial score (nSPS) is 11.9. The molecule has 0 saturated carbocycles. The summed E-state index contributed by atoms with van der Waals surface area (Å²) < 4.78 is 0. The van der Waals surface area contributed by atoms with Crippen molar-refractivity contribution in [1.29, 1.82) is 0 Å². The number of nitrogens with zero attached hydrogens (tertiary/aromatic N) is 1. The smallest absolute Gasteiger partial charge is 1.00 e. The van der Waals surface area contributed by atoms with Gasteiger partial charge in [0, 0.05) is 0 Å². The van der Waals surface area contributed by atoms with Crippen LogP contribution in [0.3, 0.4) is 0 Å². The zero-order chi connectivity index (χ0) is 7.44. The number of carboxylic acid groups (broad SMARTS) is 1. The molecule has 0 aromatic rings. The molecule has 0 amide bonds. The van der Waals surface area contributed by atoms with Gasteiger partial charge in [-0.25, -0.2) is 4.79 Å². The van der Waals surface area contributed by atoms with Crippen molar-refractivity contribution in [2.75, 3.05) is 0 Å². The maximum absolute atomic E-state index is 10.1. The Balaban J connectivity index is -0.000000320. The standard InChI is InChI=1S/C5H9NO3.K.H/c1-3(2)4(6-9)5(7)8;;/h3-4H,1-2H3,(H,7,8);;/q;+1;-1. The molecule has 0 bridgehead atoms. The Hall–Kier alpha value is 0.706. The summed E-state index contributed by atoms with van der Waals surface area (Å²) in [4.78, 5) is 19.8. The van der Waals surface area contributed by atoms with E-state index < -0.39 is 12.0 Å². The van der Waals surface area contributed by atoms with Crippen LogP contribution >= 0.6 is 0 Å². The zero-order valence-corrected chi connectivity index (χ0v) is 9.49. The van der Waals surface area contributed by atoms with Gasteiger partial charge >= 0.3 is 57.4 Å². The monoisotopic (exact) mass is 171 g/mol. The maximum Gasteiger partial charge on any atom is 1.00 e. The minimum absolute atomic E-state index is 0. The van der Waals surface area contributed by atoms with E-state index in [1.54, 1.807) is 13.8 Å². The molecule has 1 atom stereocenters. The Morgan fingerprint density at radius 1 is 1.60 bits per heavy atom. The molecule has 10 heavy (non-hydrogen) atoms. The van der Waals surface area contributed by atoms with Crippen LogP contribution in [0.5, 0.6) is 0 Å². The van der Waals surface area contributed by atoms with Gasteiger partial charge in [0.05, 0.1) is 0 Å². The van der Waals surface area contributed by atoms with Gasteiger partial charge in [-0.1, -0.05) is 19.0 Å². The number of hydrogen-bond donors (Lipinski definition) is 1. The van der Waals surface area contributed by atoms with Crippen LogP contribution in [-0.4, -0.2) is 17.1 Å². The molecule has 5 heteroatoms. The van der Waals surface area contributed by atoms with Gasteiger partial charge in [-0.2, -0.15) is 0 Å². The largest absolute Gasteiger partial charge is 1.00 e. The van der Waals surface area contributed by atoms with E-state index in [1.807, 2.05) is 0 Å². The van der Waals surface area contributed by atoms with Gasteiger partial charge in [0.1, 0.15) is 0 Å². The third kappa shape index (κ3) is 4.51. The second-order valence-electron chi connectivity index (χ2n) is 2.13. The van der Waals surface area contributed by atoms with E-state index in [9.17, 15) is 9.70 Å². The van der Waals surface area contributed by atoms with E-state index in [0.29, 0.717) is 0 Å². The molecular weight excluding hydrogens is 161 g/mol. The molecule has 4 nitrogen and oxygen atoms in total. The second-order valence-corrected chi connectivity index (χ2v) is 2.13. The van der Waals surface area contributed by atoms with Crippen LogP contribution in [-0.2, 0) is 4.79 Å². The molecule has 0 rings (SSSR count). The number of nitroso groups, excluding NO2 is 1. The summed E-state index contributed by atoms with van der Waals surface area (Å²) in [5, 5.41) is 10.7. The summed E-state index contributed by atoms with van der Waals surface area (Å²) in [6.45, 7) is 3.28. The summed E-state index contributed by atoms with van der Waals surface area (Å²) in [5.74, 6) is -1.38. The third-order valence-electron chi connectivity index (χ3n) is 0.998. The first-order chi connectivity index (χ1) is 4.09. The van der Waals surface area contributed by atoms with Crippen LogP contribution in [0.2, 0.25) is 0 Å². The average Bonchev–Trinajstić information content (AvgIpc) is 1.64. The topological polar surface area (TPSA) is 66.7 Å². The molecule has 54 valence electrons. The molecule has 1 N–H and O–H groups in total. The number of hydrogen-bond acceptors (Lipinski definition) is 3. The first-order valence-corrected chi connectivity index (χ1v) is 2.65. The molecule has 0 aliphatic rings. The van der Waals surface area contributed by atoms with Crippen molar-refractivity contribution in [2.24, 2.45) is 11.1 Å². The van der Waals surface area contributed by atoms with Gasteiger partial charge in [0.25, 0.3) is 0 Å². The van der Waals surface area contributed by atoms with Crippen LogP contribution in [0.1, 0.15) is 15.3 Å². The zero-order valence-electron chi connectivity index (χ0n) is 7.37. The molecule has 0 spiro atoms. The molecule has 0 aliphatic carbocycles. The van der Waals surface area contributed by atoms with Crippen molar-refractivity contribution in [2.45, 2.75) is 19.9 Å². The molecule has 1 unspecified atom stereocenters. The van der Waals surface area contributed by atoms with E-state index in [-0.39, 0.29) is 58.7 Å². The molecule has 0 fully saturated rings. The second kappa shape index (κ2) is 6.42. The fraction of sp³-hybridized carbons (Fsp3) is 0.800. The number of carboxylic acids is 1. The minimum Gasteiger partial charge on any atom is -1.00 e. The number of carbonyl (C=O) groups is 1. The van der Waals surface area contributed by atoms with Gasteiger partial charge in [-0.05, 0) is 5.92 Å². The predicted octanol–water partition coefficient (Wildman–Crippen LogP) is -2.02. The van der Waals surface area contributed by atoms with Crippen LogP contribution < -0.4 is 51.4 Å². The quantitative estimate of drug-likeness (QED) is 0.394. The van der Waals surface area contributed by atoms with Gasteiger partial charge in [0.2, 0.25) is 0 Å². The van der Waals surface area contributed by atoms with Gasteiger partial charge in [0.15, 0.2) is 6.04 Å². The fourth-order valence-corrected chi connectivity index (χ4v) is 0.452. The van der Waals surface area contributed by atoms with Crippen molar-refractivity contribution in [3.05, 3.63) is 4.91 Å². The summed E-state index contributed by atoms with van der Waals surface area (Å²) >= 11 is 0. The Morgan fingerprint density at radius 2 is 2.00 bits per heavy atom. The van der Waals surface area contributed by atoms with Gasteiger partial charge in [-0.15, -0.1) is 4.91 Å². The summed E-state index contributed by atoms with van der Waals surface area (Å²) in [6.07, 6.45) is 0. The van der Waals surface area contributed by atoms with E-state index in [0.717, 1.165) is 0 Å². The Kier molecular flexibility index (Phi) is 8.54. The SMILES string of the molecule is CC(C)C(N=O)C(=O)O.[H-].[K+]. The first-order valence-electron chi connectivity index (χ1n) is 2.65. The van der Waals surface area contributed by atoms with Crippen molar-refractivity contribution < 1.29 is 62.7 Å². The van der Waals surface area contributed by atoms with Crippen molar-refractivity contribution in [3.8, 4) is 0 Å². The average molecular weight is 171 g/mol. The molecule has 0 aliphatic heterocycles. The Morgan fingerprint density at radius 3 is 2.00 bits per heavy atom. The number of aliphatic carboxylic acids is 1. The molecule has 0 aromatic carbocycles. The van der Waals surface area contributed by atoms with E-state index in [2.05, 4.69) is 5.18 Å². The van der Waals surface area contributed by atoms with Gasteiger partial charge in [-0.3, -0.25) is 0 Å². The molecule has 0 radical (unpaired) electrons. The van der Waals surface area contributed by atoms with E-state index >= 15 is 0 Å². The van der Waals surface area contributed by atoms with Crippen LogP contribution in [0.4, 0.5) is 0 Å². The van der Waals surface area contributed by atoms with E-state index in [4.69, 9.17) is 5.11 Å². The molecule has 0 heterocycles. The van der Waals surface area contributed by atoms with Crippen molar-refractivity contribution >= 4 is 5.97 Å².